The van der Waals surface area contributed by atoms with E-state index in [1.54, 1.807) is 0 Å². The van der Waals surface area contributed by atoms with Gasteiger partial charge in [0, 0.05) is 19.3 Å². The van der Waals surface area contributed by atoms with Crippen molar-refractivity contribution in [1.29, 1.82) is 0 Å². The summed E-state index contributed by atoms with van der Waals surface area (Å²) in [6.07, 6.45) is -0.469. The molecule has 0 spiro atoms. The molecule has 3 heteroatoms. The largest absolute Gasteiger partial charge is 0.389 e. The van der Waals surface area contributed by atoms with Crippen molar-refractivity contribution in [2.24, 2.45) is 0 Å². The number of aliphatic hydroxyl groups excluding tert-OH is 1. The highest BCUT2D eigenvalue weighted by Gasteiger charge is 2.26. The molecule has 0 amide bonds. The molecule has 0 aliphatic rings. The fourth-order valence-corrected chi connectivity index (χ4v) is 2.77. The molecule has 0 aliphatic carbocycles. The quantitative estimate of drug-likeness (QED) is 0.888. The van der Waals surface area contributed by atoms with Crippen LogP contribution in [-0.4, -0.2) is 43.8 Å². The van der Waals surface area contributed by atoms with Gasteiger partial charge in [-0.3, -0.25) is 0 Å². The molecule has 2 atom stereocenters. The second kappa shape index (κ2) is 7.43. The van der Waals surface area contributed by atoms with Crippen molar-refractivity contribution in [2.45, 2.75) is 19.1 Å². The Kier molecular flexibility index (Phi) is 5.58. The van der Waals surface area contributed by atoms with Crippen LogP contribution in [0.1, 0.15) is 17.2 Å². The lowest BCUT2D eigenvalue weighted by atomic mass is 9.99. The Morgan fingerprint density at radius 3 is 2.05 bits per heavy atom. The molecule has 2 rings (SSSR count). The highest BCUT2D eigenvalue weighted by atomic mass is 16.3. The number of rotatable bonds is 6. The zero-order chi connectivity index (χ0) is 16.1. The molecular weight excluding hydrogens is 272 g/mol. The Bertz CT molecular complexity index is 566. The Morgan fingerprint density at radius 2 is 1.50 bits per heavy atom. The molecule has 3 nitrogen and oxygen atoms in total. The number of hydrogen-bond donors (Lipinski definition) is 1. The average molecular weight is 298 g/mol. The van der Waals surface area contributed by atoms with Crippen LogP contribution in [-0.2, 0) is 0 Å². The maximum atomic E-state index is 10.7. The summed E-state index contributed by atoms with van der Waals surface area (Å²) < 4.78 is 0. The standard InChI is InChI=1S/C19H26N2O/c1-15-10-12-17(13-11-15)21(4)19(18(22)14-20(2)3)16-8-6-5-7-9-16/h5-13,18-19,22H,14H2,1-4H3/t18-,19+/m1/s1. The summed E-state index contributed by atoms with van der Waals surface area (Å²) in [5, 5.41) is 10.7. The molecule has 0 aliphatic heterocycles. The topological polar surface area (TPSA) is 26.7 Å². The molecule has 0 aromatic heterocycles. The number of hydrogen-bond acceptors (Lipinski definition) is 3. The first kappa shape index (κ1) is 16.5. The Morgan fingerprint density at radius 1 is 0.909 bits per heavy atom. The van der Waals surface area contributed by atoms with E-state index in [4.69, 9.17) is 0 Å². The first-order chi connectivity index (χ1) is 10.5. The van der Waals surface area contributed by atoms with Crippen molar-refractivity contribution in [3.8, 4) is 0 Å². The minimum Gasteiger partial charge on any atom is -0.389 e. The Labute approximate surface area is 133 Å². The van der Waals surface area contributed by atoms with Gasteiger partial charge in [0.05, 0.1) is 12.1 Å². The van der Waals surface area contributed by atoms with Crippen LogP contribution < -0.4 is 4.90 Å². The zero-order valence-electron chi connectivity index (χ0n) is 13.9. The van der Waals surface area contributed by atoms with Gasteiger partial charge in [0.2, 0.25) is 0 Å². The van der Waals surface area contributed by atoms with Crippen molar-refractivity contribution in [2.75, 3.05) is 32.6 Å². The smallest absolute Gasteiger partial charge is 0.0911 e. The summed E-state index contributed by atoms with van der Waals surface area (Å²) in [5.74, 6) is 0. The molecule has 2 aromatic carbocycles. The first-order valence-corrected chi connectivity index (χ1v) is 7.66. The van der Waals surface area contributed by atoms with Crippen molar-refractivity contribution in [1.82, 2.24) is 4.90 Å². The van der Waals surface area contributed by atoms with E-state index in [0.717, 1.165) is 11.3 Å². The van der Waals surface area contributed by atoms with Crippen molar-refractivity contribution in [3.05, 3.63) is 65.7 Å². The molecule has 118 valence electrons. The lowest BCUT2D eigenvalue weighted by molar-refractivity contribution is 0.109. The van der Waals surface area contributed by atoms with Crippen LogP contribution in [0.2, 0.25) is 0 Å². The molecule has 0 heterocycles. The third-order valence-electron chi connectivity index (χ3n) is 3.92. The number of nitrogens with zero attached hydrogens (tertiary/aromatic N) is 2. The van der Waals surface area contributed by atoms with Gasteiger partial charge in [-0.1, -0.05) is 48.0 Å². The fourth-order valence-electron chi connectivity index (χ4n) is 2.77. The number of likely N-dealkylation sites (N-methyl/N-ethyl adjacent to an activating group) is 2. The maximum absolute atomic E-state index is 10.7. The number of benzene rings is 2. The van der Waals surface area contributed by atoms with Gasteiger partial charge in [-0.05, 0) is 38.7 Å². The van der Waals surface area contributed by atoms with Crippen LogP contribution >= 0.6 is 0 Å². The Balaban J connectivity index is 2.33. The van der Waals surface area contributed by atoms with E-state index in [2.05, 4.69) is 48.2 Å². The molecule has 1 N–H and O–H groups in total. The summed E-state index contributed by atoms with van der Waals surface area (Å²) in [6, 6.07) is 18.5. The predicted molar refractivity (Wildman–Crippen MR) is 93.3 cm³/mol. The van der Waals surface area contributed by atoms with Gasteiger partial charge in [0.25, 0.3) is 0 Å². The second-order valence-electron chi connectivity index (χ2n) is 6.13. The molecule has 22 heavy (non-hydrogen) atoms. The summed E-state index contributed by atoms with van der Waals surface area (Å²) in [7, 11) is 6.01. The van der Waals surface area contributed by atoms with Crippen LogP contribution in [0.5, 0.6) is 0 Å². The summed E-state index contributed by atoms with van der Waals surface area (Å²) in [5.41, 5.74) is 3.47. The summed E-state index contributed by atoms with van der Waals surface area (Å²) >= 11 is 0. The van der Waals surface area contributed by atoms with Gasteiger partial charge in [-0.25, -0.2) is 0 Å². The van der Waals surface area contributed by atoms with Gasteiger partial charge < -0.3 is 14.9 Å². The van der Waals surface area contributed by atoms with Crippen LogP contribution in [0, 0.1) is 6.92 Å². The van der Waals surface area contributed by atoms with E-state index in [0.29, 0.717) is 6.54 Å². The molecule has 0 fully saturated rings. The zero-order valence-corrected chi connectivity index (χ0v) is 13.9. The van der Waals surface area contributed by atoms with Crippen LogP contribution in [0.25, 0.3) is 0 Å². The maximum Gasteiger partial charge on any atom is 0.0911 e. The van der Waals surface area contributed by atoms with Gasteiger partial charge in [-0.15, -0.1) is 0 Å². The third-order valence-corrected chi connectivity index (χ3v) is 3.92. The highest BCUT2D eigenvalue weighted by Crippen LogP contribution is 2.29. The van der Waals surface area contributed by atoms with Crippen molar-refractivity contribution < 1.29 is 5.11 Å². The normalized spacial score (nSPS) is 13.9. The molecule has 0 saturated carbocycles. The van der Waals surface area contributed by atoms with Crippen LogP contribution in [0.3, 0.4) is 0 Å². The van der Waals surface area contributed by atoms with Crippen molar-refractivity contribution >= 4 is 5.69 Å². The Hall–Kier alpha value is -1.84. The van der Waals surface area contributed by atoms with Crippen molar-refractivity contribution in [3.63, 3.8) is 0 Å². The lowest BCUT2D eigenvalue weighted by Gasteiger charge is -2.35. The monoisotopic (exact) mass is 298 g/mol. The average Bonchev–Trinajstić information content (AvgIpc) is 2.48. The minimum absolute atomic E-state index is 0.0775. The molecule has 0 bridgehead atoms. The molecule has 0 saturated heterocycles. The second-order valence-corrected chi connectivity index (χ2v) is 6.13. The van der Waals surface area contributed by atoms with Crippen LogP contribution in [0.15, 0.2) is 54.6 Å². The third kappa shape index (κ3) is 4.09. The van der Waals surface area contributed by atoms with E-state index < -0.39 is 6.10 Å². The SMILES string of the molecule is Cc1ccc(N(C)[C@@H](c2ccccc2)[C@H](O)CN(C)C)cc1. The molecule has 2 aromatic rings. The minimum atomic E-state index is -0.469. The highest BCUT2D eigenvalue weighted by molar-refractivity contribution is 5.49. The van der Waals surface area contributed by atoms with Gasteiger partial charge in [0.15, 0.2) is 0 Å². The fraction of sp³-hybridized carbons (Fsp3) is 0.368. The predicted octanol–water partition coefficient (Wildman–Crippen LogP) is 3.10. The molecule has 0 radical (unpaired) electrons. The summed E-state index contributed by atoms with van der Waals surface area (Å²) in [4.78, 5) is 4.17. The number of aliphatic hydroxyl groups is 1. The van der Waals surface area contributed by atoms with E-state index >= 15 is 0 Å². The summed E-state index contributed by atoms with van der Waals surface area (Å²) in [6.45, 7) is 2.70. The molecule has 0 unspecified atom stereocenters. The van der Waals surface area contributed by atoms with Gasteiger partial charge in [0.1, 0.15) is 0 Å². The first-order valence-electron chi connectivity index (χ1n) is 7.66. The number of anilines is 1. The van der Waals surface area contributed by atoms with E-state index in [1.165, 1.54) is 5.56 Å². The van der Waals surface area contributed by atoms with E-state index in [-0.39, 0.29) is 6.04 Å². The van der Waals surface area contributed by atoms with E-state index in [9.17, 15) is 5.11 Å². The van der Waals surface area contributed by atoms with E-state index in [1.807, 2.05) is 44.2 Å². The lowest BCUT2D eigenvalue weighted by Crippen LogP contribution is -2.39. The van der Waals surface area contributed by atoms with Gasteiger partial charge >= 0.3 is 0 Å². The number of aryl methyl sites for hydroxylation is 1. The van der Waals surface area contributed by atoms with Crippen LogP contribution in [0.4, 0.5) is 5.69 Å². The molecular formula is C19H26N2O. The van der Waals surface area contributed by atoms with Gasteiger partial charge in [-0.2, -0.15) is 0 Å².